The Morgan fingerprint density at radius 1 is 1.40 bits per heavy atom. The van der Waals surface area contributed by atoms with Crippen LogP contribution in [-0.4, -0.2) is 74.4 Å². The number of methoxy groups -OCH3 is 1. The molecule has 2 atom stereocenters. The molecular formula is C19H29FN2O3. The van der Waals surface area contributed by atoms with E-state index in [9.17, 15) is 14.3 Å². The summed E-state index contributed by atoms with van der Waals surface area (Å²) in [6, 6.07) is 4.54. The van der Waals surface area contributed by atoms with Crippen LogP contribution in [0.4, 0.5) is 4.39 Å². The van der Waals surface area contributed by atoms with Crippen LogP contribution in [0, 0.1) is 24.6 Å². The number of benzene rings is 1. The normalized spacial score (nSPS) is 20.5. The fourth-order valence-electron chi connectivity index (χ4n) is 3.40. The number of amides is 1. The Balaban J connectivity index is 1.95. The molecular weight excluding hydrogens is 323 g/mol. The number of carbonyl (C=O) groups is 1. The number of nitrogens with zero attached hydrogens (tertiary/aromatic N) is 2. The first kappa shape index (κ1) is 19.8. The smallest absolute Gasteiger partial charge is 0.227 e. The SMILES string of the molecule is COCCN(C)C[C@@H]1CN(C(=O)Cc2cc(F)ccc2C)C[C@@H]1CO. The summed E-state index contributed by atoms with van der Waals surface area (Å²) in [4.78, 5) is 16.6. The van der Waals surface area contributed by atoms with Crippen molar-refractivity contribution in [2.75, 3.05) is 53.6 Å². The van der Waals surface area contributed by atoms with Crippen LogP contribution in [0.25, 0.3) is 0 Å². The minimum atomic E-state index is -0.319. The monoisotopic (exact) mass is 352 g/mol. The minimum absolute atomic E-state index is 0.00538. The molecule has 1 aliphatic rings. The number of likely N-dealkylation sites (N-methyl/N-ethyl adjacent to an activating group) is 1. The molecule has 140 valence electrons. The number of aliphatic hydroxyl groups excluding tert-OH is 1. The zero-order chi connectivity index (χ0) is 18.4. The molecule has 6 heteroatoms. The zero-order valence-corrected chi connectivity index (χ0v) is 15.4. The van der Waals surface area contributed by atoms with E-state index in [1.54, 1.807) is 18.1 Å². The Kier molecular flexibility index (Phi) is 7.35. The maximum atomic E-state index is 13.4. The summed E-state index contributed by atoms with van der Waals surface area (Å²) in [5.41, 5.74) is 1.65. The molecule has 1 amide bonds. The average Bonchev–Trinajstić information content (AvgIpc) is 2.99. The van der Waals surface area contributed by atoms with Gasteiger partial charge in [0.25, 0.3) is 0 Å². The van der Waals surface area contributed by atoms with Crippen LogP contribution in [0.15, 0.2) is 18.2 Å². The molecule has 1 fully saturated rings. The highest BCUT2D eigenvalue weighted by molar-refractivity contribution is 5.79. The topological polar surface area (TPSA) is 53.0 Å². The van der Waals surface area contributed by atoms with Crippen LogP contribution in [0.2, 0.25) is 0 Å². The number of likely N-dealkylation sites (tertiary alicyclic amines) is 1. The van der Waals surface area contributed by atoms with Gasteiger partial charge in [-0.2, -0.15) is 0 Å². The van der Waals surface area contributed by atoms with Gasteiger partial charge in [0, 0.05) is 45.8 Å². The second kappa shape index (κ2) is 9.27. The highest BCUT2D eigenvalue weighted by atomic mass is 19.1. The lowest BCUT2D eigenvalue weighted by Crippen LogP contribution is -2.34. The number of carbonyl (C=O) groups excluding carboxylic acids is 1. The third kappa shape index (κ3) is 5.49. The minimum Gasteiger partial charge on any atom is -0.396 e. The van der Waals surface area contributed by atoms with Crippen molar-refractivity contribution in [3.05, 3.63) is 35.1 Å². The first-order chi connectivity index (χ1) is 11.9. The molecule has 0 aromatic heterocycles. The van der Waals surface area contributed by atoms with Gasteiger partial charge in [0.05, 0.1) is 13.0 Å². The van der Waals surface area contributed by atoms with E-state index in [0.29, 0.717) is 19.7 Å². The van der Waals surface area contributed by atoms with E-state index < -0.39 is 0 Å². The fraction of sp³-hybridized carbons (Fsp3) is 0.632. The van der Waals surface area contributed by atoms with Crippen LogP contribution < -0.4 is 0 Å². The molecule has 0 radical (unpaired) electrons. The molecule has 0 saturated carbocycles. The number of halogens is 1. The van der Waals surface area contributed by atoms with Gasteiger partial charge >= 0.3 is 0 Å². The first-order valence-electron chi connectivity index (χ1n) is 8.75. The Hall–Kier alpha value is -1.50. The number of rotatable bonds is 8. The standard InChI is InChI=1S/C19H29FN2O3/c1-14-4-5-18(20)8-15(14)9-19(24)22-11-16(17(12-22)13-23)10-21(2)6-7-25-3/h4-5,8,16-17,23H,6-7,9-13H2,1-3H3/t16-,17-/m1/s1. The summed E-state index contributed by atoms with van der Waals surface area (Å²) < 4.78 is 18.5. The second-order valence-electron chi connectivity index (χ2n) is 7.00. The number of aryl methyl sites for hydroxylation is 1. The largest absolute Gasteiger partial charge is 0.396 e. The van der Waals surface area contributed by atoms with Gasteiger partial charge in [0.2, 0.25) is 5.91 Å². The molecule has 0 spiro atoms. The molecule has 5 nitrogen and oxygen atoms in total. The Bertz CT molecular complexity index is 582. The van der Waals surface area contributed by atoms with Crippen LogP contribution in [0.1, 0.15) is 11.1 Å². The summed E-state index contributed by atoms with van der Waals surface area (Å²) >= 11 is 0. The van der Waals surface area contributed by atoms with Crippen molar-refractivity contribution in [3.63, 3.8) is 0 Å². The van der Waals surface area contributed by atoms with E-state index in [1.807, 2.05) is 14.0 Å². The van der Waals surface area contributed by atoms with Gasteiger partial charge in [-0.15, -0.1) is 0 Å². The third-order valence-corrected chi connectivity index (χ3v) is 5.04. The van der Waals surface area contributed by atoms with Gasteiger partial charge in [-0.1, -0.05) is 6.07 Å². The van der Waals surface area contributed by atoms with Crippen LogP contribution in [0.5, 0.6) is 0 Å². The summed E-state index contributed by atoms with van der Waals surface area (Å²) in [7, 11) is 3.70. The van der Waals surface area contributed by atoms with E-state index in [4.69, 9.17) is 4.74 Å². The van der Waals surface area contributed by atoms with Crippen molar-refractivity contribution >= 4 is 5.91 Å². The van der Waals surface area contributed by atoms with Gasteiger partial charge in [-0.05, 0) is 43.1 Å². The molecule has 1 saturated heterocycles. The molecule has 0 bridgehead atoms. The Labute approximate surface area is 149 Å². The van der Waals surface area contributed by atoms with Crippen LogP contribution in [-0.2, 0) is 16.0 Å². The maximum Gasteiger partial charge on any atom is 0.227 e. The number of hydrogen-bond donors (Lipinski definition) is 1. The quantitative estimate of drug-likeness (QED) is 0.767. The highest BCUT2D eigenvalue weighted by Crippen LogP contribution is 2.25. The Morgan fingerprint density at radius 3 is 2.80 bits per heavy atom. The highest BCUT2D eigenvalue weighted by Gasteiger charge is 2.35. The molecule has 1 aromatic rings. The van der Waals surface area contributed by atoms with Crippen molar-refractivity contribution < 1.29 is 19.0 Å². The molecule has 1 aliphatic heterocycles. The lowest BCUT2D eigenvalue weighted by atomic mass is 9.96. The van der Waals surface area contributed by atoms with Crippen molar-refractivity contribution in [1.82, 2.24) is 9.80 Å². The average molecular weight is 352 g/mol. The predicted molar refractivity (Wildman–Crippen MR) is 94.9 cm³/mol. The fourth-order valence-corrected chi connectivity index (χ4v) is 3.40. The predicted octanol–water partition coefficient (Wildman–Crippen LogP) is 1.32. The molecule has 2 rings (SSSR count). The number of aliphatic hydroxyl groups is 1. The van der Waals surface area contributed by atoms with Gasteiger partial charge < -0.3 is 19.6 Å². The molecule has 1 heterocycles. The molecule has 0 aliphatic carbocycles. The zero-order valence-electron chi connectivity index (χ0n) is 15.4. The van der Waals surface area contributed by atoms with E-state index in [2.05, 4.69) is 4.90 Å². The van der Waals surface area contributed by atoms with Crippen LogP contribution in [0.3, 0.4) is 0 Å². The van der Waals surface area contributed by atoms with E-state index in [0.717, 1.165) is 24.2 Å². The van der Waals surface area contributed by atoms with Gasteiger partial charge in [-0.3, -0.25) is 4.79 Å². The van der Waals surface area contributed by atoms with Crippen molar-refractivity contribution in [2.24, 2.45) is 11.8 Å². The first-order valence-corrected chi connectivity index (χ1v) is 8.75. The van der Waals surface area contributed by atoms with Crippen molar-refractivity contribution in [2.45, 2.75) is 13.3 Å². The second-order valence-corrected chi connectivity index (χ2v) is 7.00. The Morgan fingerprint density at radius 2 is 2.12 bits per heavy atom. The van der Waals surface area contributed by atoms with Gasteiger partial charge in [-0.25, -0.2) is 4.39 Å². The van der Waals surface area contributed by atoms with Gasteiger partial charge in [0.1, 0.15) is 5.82 Å². The maximum absolute atomic E-state index is 13.4. The lowest BCUT2D eigenvalue weighted by Gasteiger charge is -2.23. The van der Waals surface area contributed by atoms with E-state index in [-0.39, 0.29) is 36.6 Å². The summed E-state index contributed by atoms with van der Waals surface area (Å²) in [6.45, 7) is 5.46. The summed E-state index contributed by atoms with van der Waals surface area (Å²) in [5.74, 6) is 0.00172. The molecule has 1 aromatic carbocycles. The molecule has 1 N–H and O–H groups in total. The summed E-state index contributed by atoms with van der Waals surface area (Å²) in [5, 5.41) is 9.66. The van der Waals surface area contributed by atoms with Gasteiger partial charge in [0.15, 0.2) is 0 Å². The van der Waals surface area contributed by atoms with Crippen molar-refractivity contribution in [1.29, 1.82) is 0 Å². The van der Waals surface area contributed by atoms with Crippen molar-refractivity contribution in [3.8, 4) is 0 Å². The number of ether oxygens (including phenoxy) is 1. The molecule has 0 unspecified atom stereocenters. The van der Waals surface area contributed by atoms with Crippen LogP contribution >= 0.6 is 0 Å². The lowest BCUT2D eigenvalue weighted by molar-refractivity contribution is -0.129. The number of hydrogen-bond acceptors (Lipinski definition) is 4. The third-order valence-electron chi connectivity index (χ3n) is 5.04. The van der Waals surface area contributed by atoms with E-state index in [1.165, 1.54) is 12.1 Å². The summed E-state index contributed by atoms with van der Waals surface area (Å²) in [6.07, 6.45) is 0.202. The molecule has 25 heavy (non-hydrogen) atoms. The van der Waals surface area contributed by atoms with E-state index >= 15 is 0 Å².